The Kier molecular flexibility index (Phi) is 11.7. The summed E-state index contributed by atoms with van der Waals surface area (Å²) in [5, 5.41) is 1.81. The maximum Gasteiger partial charge on any atom is 0.416 e. The van der Waals surface area contributed by atoms with Crippen molar-refractivity contribution in [1.82, 2.24) is 14.5 Å². The minimum Gasteiger partial charge on any atom is -0.308 e. The molecule has 0 aliphatic rings. The Morgan fingerprint density at radius 1 is 0.329 bits per heavy atom. The molecule has 0 atom stereocenters. The Hall–Kier alpha value is -8.56. The first-order chi connectivity index (χ1) is 35.0. The van der Waals surface area contributed by atoms with Gasteiger partial charge in [0.1, 0.15) is 0 Å². The zero-order valence-corrected chi connectivity index (χ0v) is 40.2. The quantitative estimate of drug-likeness (QED) is 0.142. The van der Waals surface area contributed by atoms with Gasteiger partial charge in [-0.2, -0.15) is 26.3 Å². The van der Waals surface area contributed by atoms with E-state index in [0.717, 1.165) is 102 Å². The Morgan fingerprint density at radius 3 is 1.07 bits per heavy atom. The van der Waals surface area contributed by atoms with Crippen LogP contribution in [0.2, 0.25) is 0 Å². The van der Waals surface area contributed by atoms with Crippen molar-refractivity contribution in [3.05, 3.63) is 234 Å². The van der Waals surface area contributed by atoms with Crippen LogP contribution in [0.3, 0.4) is 0 Å². The van der Waals surface area contributed by atoms with E-state index in [1.807, 2.05) is 78.9 Å². The second-order valence-corrected chi connectivity index (χ2v) is 18.8. The van der Waals surface area contributed by atoms with Crippen LogP contribution in [-0.2, 0) is 12.4 Å². The summed E-state index contributed by atoms with van der Waals surface area (Å²) < 4.78 is 88.0. The van der Waals surface area contributed by atoms with Crippen molar-refractivity contribution in [3.63, 3.8) is 0 Å². The monoisotopic (exact) mass is 969 g/mol. The van der Waals surface area contributed by atoms with Gasteiger partial charge >= 0.3 is 12.4 Å². The zero-order valence-electron chi connectivity index (χ0n) is 40.2. The number of rotatable bonds is 8. The third-order valence-corrected chi connectivity index (χ3v) is 13.4. The molecule has 0 aliphatic heterocycles. The molecule has 0 bridgehead atoms. The average Bonchev–Trinajstić information content (AvgIpc) is 3.70. The summed E-state index contributed by atoms with van der Waals surface area (Å²) in [5.74, 6) is 0.312. The van der Waals surface area contributed by atoms with E-state index in [1.54, 1.807) is 0 Å². The summed E-state index contributed by atoms with van der Waals surface area (Å²) in [6.07, 6.45) is -9.22. The van der Waals surface area contributed by atoms with Crippen molar-refractivity contribution in [3.8, 4) is 84.1 Å². The van der Waals surface area contributed by atoms with Crippen LogP contribution in [0.25, 0.3) is 106 Å². The van der Waals surface area contributed by atoms with Crippen LogP contribution in [0.1, 0.15) is 33.4 Å². The number of hydrogen-bond donors (Lipinski definition) is 0. The summed E-state index contributed by atoms with van der Waals surface area (Å²) in [5.41, 5.74) is 14.3. The molecular formula is C64H45F6N3. The highest BCUT2D eigenvalue weighted by atomic mass is 19.4. The fourth-order valence-electron chi connectivity index (χ4n) is 10.1. The summed E-state index contributed by atoms with van der Waals surface area (Å²) in [6, 6.07) is 60.4. The number of halogens is 6. The van der Waals surface area contributed by atoms with Gasteiger partial charge in [-0.1, -0.05) is 156 Å². The standard InChI is InChI=1S/C64H45F6N3/c1-38-27-39(2)30-48(29-38)46-19-25-59-55(33-46)56-34-47(49-31-40(3)28-41(4)32-49)20-26-60(56)73(59)61-53(42-15-21-51(22-16-42)63(65,66)67)35-50(36-54(61)43-17-23-52(24-18-43)64(68,69)70)62-71-57(44-11-7-5-8-12-44)37-58(72-62)45-13-9-6-10-14-45/h5-37H,1-4H3. The van der Waals surface area contributed by atoms with E-state index in [1.165, 1.54) is 24.3 Å². The molecule has 358 valence electrons. The molecule has 0 N–H and O–H groups in total. The van der Waals surface area contributed by atoms with Crippen molar-refractivity contribution < 1.29 is 26.3 Å². The molecule has 73 heavy (non-hydrogen) atoms. The number of nitrogens with zero attached hydrogens (tertiary/aromatic N) is 3. The molecule has 2 aromatic heterocycles. The Morgan fingerprint density at radius 2 is 0.699 bits per heavy atom. The second-order valence-electron chi connectivity index (χ2n) is 18.8. The number of benzene rings is 9. The van der Waals surface area contributed by atoms with Gasteiger partial charge in [0, 0.05) is 38.6 Å². The summed E-state index contributed by atoms with van der Waals surface area (Å²) in [4.78, 5) is 10.3. The van der Waals surface area contributed by atoms with Gasteiger partial charge in [0.25, 0.3) is 0 Å². The third kappa shape index (κ3) is 9.19. The molecule has 11 rings (SSSR count). The van der Waals surface area contributed by atoms with Gasteiger partial charge in [0.05, 0.1) is 39.2 Å². The summed E-state index contributed by atoms with van der Waals surface area (Å²) >= 11 is 0. The lowest BCUT2D eigenvalue weighted by Crippen LogP contribution is -2.06. The van der Waals surface area contributed by atoms with Crippen molar-refractivity contribution in [2.75, 3.05) is 0 Å². The van der Waals surface area contributed by atoms with E-state index in [-0.39, 0.29) is 0 Å². The van der Waals surface area contributed by atoms with E-state index >= 15 is 0 Å². The van der Waals surface area contributed by atoms with E-state index in [2.05, 4.69) is 105 Å². The van der Waals surface area contributed by atoms with E-state index in [9.17, 15) is 26.3 Å². The van der Waals surface area contributed by atoms with E-state index < -0.39 is 23.5 Å². The fraction of sp³-hybridized carbons (Fsp3) is 0.0938. The minimum absolute atomic E-state index is 0.312. The molecule has 3 nitrogen and oxygen atoms in total. The highest BCUT2D eigenvalue weighted by molar-refractivity contribution is 6.13. The SMILES string of the molecule is Cc1cc(C)cc(-c2ccc3c(c2)c2cc(-c4cc(C)cc(C)c4)ccc2n3-c2c(-c3ccc(C(F)(F)F)cc3)cc(-c3nc(-c4ccccc4)cc(-c4ccccc4)n3)cc2-c2ccc(C(F)(F)F)cc2)c1. The first kappa shape index (κ1) is 46.8. The van der Waals surface area contributed by atoms with E-state index in [4.69, 9.17) is 9.97 Å². The van der Waals surface area contributed by atoms with Crippen molar-refractivity contribution in [2.45, 2.75) is 40.0 Å². The first-order valence-electron chi connectivity index (χ1n) is 23.8. The number of hydrogen-bond acceptors (Lipinski definition) is 2. The van der Waals surface area contributed by atoms with Crippen LogP contribution >= 0.6 is 0 Å². The maximum absolute atomic E-state index is 14.3. The largest absolute Gasteiger partial charge is 0.416 e. The van der Waals surface area contributed by atoms with Gasteiger partial charge < -0.3 is 4.57 Å². The smallest absolute Gasteiger partial charge is 0.308 e. The Labute approximate surface area is 418 Å². The van der Waals surface area contributed by atoms with Crippen LogP contribution < -0.4 is 0 Å². The predicted molar refractivity (Wildman–Crippen MR) is 283 cm³/mol. The summed E-state index contributed by atoms with van der Waals surface area (Å²) in [6.45, 7) is 8.27. The molecule has 2 heterocycles. The third-order valence-electron chi connectivity index (χ3n) is 13.4. The Balaban J connectivity index is 1.27. The molecule has 9 aromatic carbocycles. The molecular weight excluding hydrogens is 925 g/mol. The van der Waals surface area contributed by atoms with Gasteiger partial charge in [0.15, 0.2) is 5.82 Å². The van der Waals surface area contributed by atoms with Crippen LogP contribution in [0.15, 0.2) is 200 Å². The van der Waals surface area contributed by atoms with Gasteiger partial charge in [0.2, 0.25) is 0 Å². The van der Waals surface area contributed by atoms with Gasteiger partial charge in [-0.15, -0.1) is 0 Å². The van der Waals surface area contributed by atoms with Crippen LogP contribution in [-0.4, -0.2) is 14.5 Å². The topological polar surface area (TPSA) is 30.7 Å². The Bertz CT molecular complexity index is 3610. The molecule has 0 saturated carbocycles. The molecule has 0 aliphatic carbocycles. The lowest BCUT2D eigenvalue weighted by atomic mass is 9.91. The van der Waals surface area contributed by atoms with Crippen molar-refractivity contribution >= 4 is 21.8 Å². The van der Waals surface area contributed by atoms with Crippen LogP contribution in [0.5, 0.6) is 0 Å². The summed E-state index contributed by atoms with van der Waals surface area (Å²) in [7, 11) is 0. The van der Waals surface area contributed by atoms with E-state index in [0.29, 0.717) is 50.7 Å². The lowest BCUT2D eigenvalue weighted by Gasteiger charge is -2.22. The van der Waals surface area contributed by atoms with Gasteiger partial charge in [-0.3, -0.25) is 0 Å². The molecule has 9 heteroatoms. The minimum atomic E-state index is -4.61. The van der Waals surface area contributed by atoms with Crippen molar-refractivity contribution in [2.24, 2.45) is 0 Å². The molecule has 11 aromatic rings. The van der Waals surface area contributed by atoms with Gasteiger partial charge in [-0.25, -0.2) is 9.97 Å². The highest BCUT2D eigenvalue weighted by Crippen LogP contribution is 2.46. The molecule has 0 unspecified atom stereocenters. The molecule has 0 radical (unpaired) electrons. The highest BCUT2D eigenvalue weighted by Gasteiger charge is 2.32. The van der Waals surface area contributed by atoms with Crippen LogP contribution in [0.4, 0.5) is 26.3 Å². The number of fused-ring (bicyclic) bond motifs is 3. The normalized spacial score (nSPS) is 12.0. The zero-order chi connectivity index (χ0) is 50.8. The number of aryl methyl sites for hydroxylation is 4. The lowest BCUT2D eigenvalue weighted by molar-refractivity contribution is -0.138. The van der Waals surface area contributed by atoms with Gasteiger partial charge in [-0.05, 0) is 128 Å². The predicted octanol–water partition coefficient (Wildman–Crippen LogP) is 18.5. The number of alkyl halides is 6. The molecule has 0 fully saturated rings. The molecule has 0 amide bonds. The fourth-order valence-corrected chi connectivity index (χ4v) is 10.1. The molecule has 0 spiro atoms. The van der Waals surface area contributed by atoms with Crippen LogP contribution in [0, 0.1) is 27.7 Å². The maximum atomic E-state index is 14.3. The second kappa shape index (κ2) is 18.2. The average molecular weight is 970 g/mol. The van der Waals surface area contributed by atoms with Crippen molar-refractivity contribution in [1.29, 1.82) is 0 Å². The first-order valence-corrected chi connectivity index (χ1v) is 23.8. The number of aromatic nitrogens is 3. The molecule has 0 saturated heterocycles.